The molecule has 3 rings (SSSR count). The van der Waals surface area contributed by atoms with Crippen molar-refractivity contribution in [2.24, 2.45) is 0 Å². The van der Waals surface area contributed by atoms with E-state index in [1.165, 1.54) is 5.56 Å². The van der Waals surface area contributed by atoms with Crippen molar-refractivity contribution in [3.8, 4) is 10.6 Å². The Kier molecular flexibility index (Phi) is 6.15. The second-order valence-corrected chi connectivity index (χ2v) is 8.73. The number of thiazole rings is 1. The molecule has 1 aromatic heterocycles. The Hall–Kier alpha value is -1.37. The number of aryl methyl sites for hydroxylation is 2. The van der Waals surface area contributed by atoms with Gasteiger partial charge in [-0.2, -0.15) is 11.8 Å². The minimum atomic E-state index is -0.0135. The molecule has 0 spiro atoms. The fourth-order valence-corrected chi connectivity index (χ4v) is 4.99. The van der Waals surface area contributed by atoms with E-state index in [-0.39, 0.29) is 18.0 Å². The van der Waals surface area contributed by atoms with E-state index in [0.717, 1.165) is 39.2 Å². The summed E-state index contributed by atoms with van der Waals surface area (Å²) in [7, 11) is 0. The zero-order valence-electron chi connectivity index (χ0n) is 15.0. The van der Waals surface area contributed by atoms with Gasteiger partial charge in [0, 0.05) is 36.1 Å². The van der Waals surface area contributed by atoms with Crippen LogP contribution in [0.25, 0.3) is 10.6 Å². The van der Waals surface area contributed by atoms with Crippen molar-refractivity contribution in [1.82, 2.24) is 15.6 Å². The SMILES string of the molecule is Cc1ccc(-c2nc(C)c(C(C)NC(=O)CC3CSCCN3)s2)cc1. The third kappa shape index (κ3) is 4.84. The summed E-state index contributed by atoms with van der Waals surface area (Å²) in [5.74, 6) is 2.26. The van der Waals surface area contributed by atoms with Crippen LogP contribution in [0, 0.1) is 13.8 Å². The molecule has 0 radical (unpaired) electrons. The Morgan fingerprint density at radius 1 is 1.36 bits per heavy atom. The summed E-state index contributed by atoms with van der Waals surface area (Å²) in [5.41, 5.74) is 3.37. The average Bonchev–Trinajstić information content (AvgIpc) is 2.98. The fraction of sp³-hybridized carbons (Fsp3) is 0.474. The molecule has 1 aliphatic rings. The van der Waals surface area contributed by atoms with Crippen LogP contribution in [0.2, 0.25) is 0 Å². The Bertz CT molecular complexity index is 721. The first-order chi connectivity index (χ1) is 12.0. The topological polar surface area (TPSA) is 54.0 Å². The lowest BCUT2D eigenvalue weighted by molar-refractivity contribution is -0.122. The van der Waals surface area contributed by atoms with E-state index in [0.29, 0.717) is 6.42 Å². The number of amides is 1. The van der Waals surface area contributed by atoms with Gasteiger partial charge >= 0.3 is 0 Å². The fourth-order valence-electron chi connectivity index (χ4n) is 2.97. The van der Waals surface area contributed by atoms with Gasteiger partial charge in [-0.25, -0.2) is 4.98 Å². The highest BCUT2D eigenvalue weighted by Crippen LogP contribution is 2.32. The van der Waals surface area contributed by atoms with E-state index >= 15 is 0 Å². The van der Waals surface area contributed by atoms with Crippen LogP contribution >= 0.6 is 23.1 Å². The second-order valence-electron chi connectivity index (χ2n) is 6.55. The van der Waals surface area contributed by atoms with E-state index in [9.17, 15) is 4.79 Å². The van der Waals surface area contributed by atoms with Crippen LogP contribution in [0.5, 0.6) is 0 Å². The molecule has 1 fully saturated rings. The Labute approximate surface area is 157 Å². The molecule has 2 N–H and O–H groups in total. The van der Waals surface area contributed by atoms with Crippen LogP contribution in [-0.2, 0) is 4.79 Å². The van der Waals surface area contributed by atoms with Crippen molar-refractivity contribution in [2.45, 2.75) is 39.3 Å². The lowest BCUT2D eigenvalue weighted by Gasteiger charge is -2.23. The highest BCUT2D eigenvalue weighted by molar-refractivity contribution is 7.99. The van der Waals surface area contributed by atoms with Crippen molar-refractivity contribution in [1.29, 1.82) is 0 Å². The highest BCUT2D eigenvalue weighted by Gasteiger charge is 2.20. The van der Waals surface area contributed by atoms with Crippen LogP contribution < -0.4 is 10.6 Å². The predicted molar refractivity (Wildman–Crippen MR) is 107 cm³/mol. The average molecular weight is 376 g/mol. The van der Waals surface area contributed by atoms with Gasteiger partial charge in [0.2, 0.25) is 5.91 Å². The van der Waals surface area contributed by atoms with Crippen molar-refractivity contribution in [3.63, 3.8) is 0 Å². The first-order valence-electron chi connectivity index (χ1n) is 8.68. The number of thioether (sulfide) groups is 1. The molecule has 4 nitrogen and oxygen atoms in total. The summed E-state index contributed by atoms with van der Waals surface area (Å²) >= 11 is 3.58. The number of benzene rings is 1. The zero-order valence-corrected chi connectivity index (χ0v) is 16.6. The maximum atomic E-state index is 12.3. The first kappa shape index (κ1) is 18.4. The molecular weight excluding hydrogens is 350 g/mol. The van der Waals surface area contributed by atoms with Crippen molar-refractivity contribution in [3.05, 3.63) is 40.4 Å². The lowest BCUT2D eigenvalue weighted by Crippen LogP contribution is -2.41. The molecule has 2 unspecified atom stereocenters. The first-order valence-corrected chi connectivity index (χ1v) is 10.6. The van der Waals surface area contributed by atoms with Crippen LogP contribution in [0.15, 0.2) is 24.3 Å². The number of nitrogens with zero attached hydrogens (tertiary/aromatic N) is 1. The minimum absolute atomic E-state index is 0.0135. The molecule has 1 amide bonds. The van der Waals surface area contributed by atoms with E-state index in [4.69, 9.17) is 4.98 Å². The molecule has 134 valence electrons. The van der Waals surface area contributed by atoms with Gasteiger partial charge < -0.3 is 10.6 Å². The number of aromatic nitrogens is 1. The van der Waals surface area contributed by atoms with Gasteiger partial charge in [0.1, 0.15) is 5.01 Å². The lowest BCUT2D eigenvalue weighted by atomic mass is 10.1. The molecule has 0 saturated carbocycles. The summed E-state index contributed by atoms with van der Waals surface area (Å²) in [6.45, 7) is 7.14. The van der Waals surface area contributed by atoms with E-state index in [1.807, 2.05) is 25.6 Å². The molecular formula is C19H25N3OS2. The highest BCUT2D eigenvalue weighted by atomic mass is 32.2. The van der Waals surface area contributed by atoms with Gasteiger partial charge in [-0.3, -0.25) is 4.79 Å². The minimum Gasteiger partial charge on any atom is -0.349 e. The van der Waals surface area contributed by atoms with Crippen molar-refractivity contribution in [2.75, 3.05) is 18.1 Å². The summed E-state index contributed by atoms with van der Waals surface area (Å²) in [6, 6.07) is 8.69. The third-order valence-corrected chi connectivity index (χ3v) is 6.85. The maximum Gasteiger partial charge on any atom is 0.222 e. The molecule has 25 heavy (non-hydrogen) atoms. The van der Waals surface area contributed by atoms with Gasteiger partial charge in [0.05, 0.1) is 16.6 Å². The Morgan fingerprint density at radius 3 is 2.80 bits per heavy atom. The van der Waals surface area contributed by atoms with Gasteiger partial charge in [0.25, 0.3) is 0 Å². The molecule has 1 aromatic carbocycles. The number of nitrogens with one attached hydrogen (secondary N) is 2. The van der Waals surface area contributed by atoms with E-state index in [2.05, 4.69) is 41.8 Å². The molecule has 6 heteroatoms. The smallest absolute Gasteiger partial charge is 0.222 e. The Balaban J connectivity index is 1.64. The standard InChI is InChI=1S/C19H25N3OS2/c1-12-4-6-15(7-5-12)19-22-14(3)18(25-19)13(2)21-17(23)10-16-11-24-9-8-20-16/h4-7,13,16,20H,8-11H2,1-3H3,(H,21,23). The molecule has 1 saturated heterocycles. The van der Waals surface area contributed by atoms with Crippen LogP contribution in [-0.4, -0.2) is 35.0 Å². The van der Waals surface area contributed by atoms with Crippen molar-refractivity contribution < 1.29 is 4.79 Å². The number of hydrogen-bond acceptors (Lipinski definition) is 5. The summed E-state index contributed by atoms with van der Waals surface area (Å²) in [5, 5.41) is 7.57. The molecule has 2 heterocycles. The second kappa shape index (κ2) is 8.34. The normalized spacial score (nSPS) is 18.8. The number of carbonyl (C=O) groups excluding carboxylic acids is 1. The number of hydrogen-bond donors (Lipinski definition) is 2. The number of rotatable bonds is 5. The Morgan fingerprint density at radius 2 is 2.12 bits per heavy atom. The summed E-state index contributed by atoms with van der Waals surface area (Å²) in [4.78, 5) is 18.2. The third-order valence-electron chi connectivity index (χ3n) is 4.33. The van der Waals surface area contributed by atoms with Gasteiger partial charge in [0.15, 0.2) is 0 Å². The predicted octanol–water partition coefficient (Wildman–Crippen LogP) is 3.70. The zero-order chi connectivity index (χ0) is 17.8. The van der Waals surface area contributed by atoms with Crippen LogP contribution in [0.1, 0.15) is 35.5 Å². The molecule has 0 bridgehead atoms. The van der Waals surface area contributed by atoms with E-state index < -0.39 is 0 Å². The monoisotopic (exact) mass is 375 g/mol. The van der Waals surface area contributed by atoms with Crippen LogP contribution in [0.4, 0.5) is 0 Å². The largest absolute Gasteiger partial charge is 0.349 e. The van der Waals surface area contributed by atoms with Crippen molar-refractivity contribution >= 4 is 29.0 Å². The molecule has 2 atom stereocenters. The quantitative estimate of drug-likeness (QED) is 0.837. The summed E-state index contributed by atoms with van der Waals surface area (Å²) < 4.78 is 0. The van der Waals surface area contributed by atoms with Gasteiger partial charge in [-0.1, -0.05) is 29.8 Å². The molecule has 1 aliphatic heterocycles. The molecule has 2 aromatic rings. The molecule has 0 aliphatic carbocycles. The van der Waals surface area contributed by atoms with E-state index in [1.54, 1.807) is 11.3 Å². The van der Waals surface area contributed by atoms with Gasteiger partial charge in [-0.15, -0.1) is 11.3 Å². The number of carbonyl (C=O) groups is 1. The maximum absolute atomic E-state index is 12.3. The van der Waals surface area contributed by atoms with Crippen LogP contribution in [0.3, 0.4) is 0 Å². The van der Waals surface area contributed by atoms with Gasteiger partial charge in [-0.05, 0) is 20.8 Å². The summed E-state index contributed by atoms with van der Waals surface area (Å²) in [6.07, 6.45) is 0.542.